The van der Waals surface area contributed by atoms with E-state index in [2.05, 4.69) is 17.6 Å². The van der Waals surface area contributed by atoms with Crippen LogP contribution in [0.2, 0.25) is 0 Å². The molecule has 4 rings (SSSR count). The molecule has 1 unspecified atom stereocenters. The predicted molar refractivity (Wildman–Crippen MR) is 148 cm³/mol. The molecule has 9 heteroatoms. The number of hydrogen-bond acceptors (Lipinski definition) is 5. The molecule has 0 bridgehead atoms. The Bertz CT molecular complexity index is 1100. The molecule has 2 aromatic rings. The number of likely N-dealkylation sites (tertiary alicyclic amines) is 1. The highest BCUT2D eigenvalue weighted by Crippen LogP contribution is 2.23. The minimum absolute atomic E-state index is 0.0384. The van der Waals surface area contributed by atoms with Crippen LogP contribution < -0.4 is 10.6 Å². The minimum Gasteiger partial charge on any atom is -0.389 e. The van der Waals surface area contributed by atoms with Gasteiger partial charge in [-0.1, -0.05) is 56.5 Å². The summed E-state index contributed by atoms with van der Waals surface area (Å²) in [6.07, 6.45) is 3.67. The molecule has 0 spiro atoms. The van der Waals surface area contributed by atoms with Crippen molar-refractivity contribution in [2.45, 2.75) is 82.8 Å². The summed E-state index contributed by atoms with van der Waals surface area (Å²) >= 11 is 0. The van der Waals surface area contributed by atoms with Crippen LogP contribution in [0.25, 0.3) is 0 Å². The SMILES string of the molecule is CCCCCCN1CC(C(=O)N[C@@H](Cc2cc(F)cc(F)c2)[C@H](O)[C@H]2C[C@@H](OCc3ccccc3)CN2)CC1=O. The van der Waals surface area contributed by atoms with E-state index in [1.165, 1.54) is 12.1 Å². The lowest BCUT2D eigenvalue weighted by atomic mass is 9.94. The standard InChI is InChI=1S/C31H41F2N3O4/c1-2-3-4-8-11-36-19-23(15-29(36)37)31(39)35-28(14-22-12-24(32)16-25(33)13-22)30(38)27-17-26(18-34-27)40-20-21-9-6-5-7-10-21/h5-7,9-10,12-13,16,23,26-28,30,34,38H,2-4,8,11,14-15,17-20H2,1H3,(H,35,39)/t23?,26-,27-,28+,30-/m1/s1. The fourth-order valence-corrected chi connectivity index (χ4v) is 5.62. The quantitative estimate of drug-likeness (QED) is 0.308. The maximum atomic E-state index is 13.9. The zero-order valence-corrected chi connectivity index (χ0v) is 23.2. The smallest absolute Gasteiger partial charge is 0.225 e. The Hall–Kier alpha value is -2.88. The molecular weight excluding hydrogens is 516 g/mol. The average Bonchev–Trinajstić information content (AvgIpc) is 3.56. The molecule has 2 aromatic carbocycles. The van der Waals surface area contributed by atoms with Gasteiger partial charge >= 0.3 is 0 Å². The first-order chi connectivity index (χ1) is 19.3. The van der Waals surface area contributed by atoms with Gasteiger partial charge in [-0.2, -0.15) is 0 Å². The fourth-order valence-electron chi connectivity index (χ4n) is 5.62. The number of rotatable bonds is 14. The zero-order chi connectivity index (χ0) is 28.5. The molecule has 2 saturated heterocycles. The number of aliphatic hydroxyl groups is 1. The topological polar surface area (TPSA) is 90.9 Å². The van der Waals surface area contributed by atoms with Crippen LogP contribution in [0.3, 0.4) is 0 Å². The second-order valence-electron chi connectivity index (χ2n) is 11.1. The summed E-state index contributed by atoms with van der Waals surface area (Å²) in [6, 6.07) is 11.8. The molecule has 2 amide bonds. The van der Waals surface area contributed by atoms with Gasteiger partial charge in [-0.3, -0.25) is 9.59 Å². The number of aliphatic hydroxyl groups excluding tert-OH is 1. The normalized spacial score (nSPS) is 22.4. The molecule has 0 saturated carbocycles. The monoisotopic (exact) mass is 557 g/mol. The lowest BCUT2D eigenvalue weighted by Crippen LogP contribution is -2.53. The van der Waals surface area contributed by atoms with E-state index < -0.39 is 29.7 Å². The molecular formula is C31H41F2N3O4. The van der Waals surface area contributed by atoms with Crippen LogP contribution in [0.15, 0.2) is 48.5 Å². The van der Waals surface area contributed by atoms with Gasteiger partial charge in [0.15, 0.2) is 0 Å². The Morgan fingerprint density at radius 2 is 1.88 bits per heavy atom. The Kier molecular flexibility index (Phi) is 11.0. The third-order valence-electron chi connectivity index (χ3n) is 7.85. The van der Waals surface area contributed by atoms with E-state index in [0.29, 0.717) is 38.2 Å². The van der Waals surface area contributed by atoms with Gasteiger partial charge in [-0.05, 0) is 42.5 Å². The summed E-state index contributed by atoms with van der Waals surface area (Å²) in [7, 11) is 0. The summed E-state index contributed by atoms with van der Waals surface area (Å²) in [5, 5.41) is 17.6. The first kappa shape index (κ1) is 30.1. The minimum atomic E-state index is -1.04. The number of carbonyl (C=O) groups is 2. The van der Waals surface area contributed by atoms with Crippen molar-refractivity contribution in [3.05, 3.63) is 71.3 Å². The number of nitrogens with one attached hydrogen (secondary N) is 2. The lowest BCUT2D eigenvalue weighted by Gasteiger charge is -2.29. The van der Waals surface area contributed by atoms with Crippen LogP contribution in [0.5, 0.6) is 0 Å². The summed E-state index contributed by atoms with van der Waals surface area (Å²) in [5.41, 5.74) is 1.38. The zero-order valence-electron chi connectivity index (χ0n) is 23.2. The highest BCUT2D eigenvalue weighted by molar-refractivity contribution is 5.89. The number of carbonyl (C=O) groups excluding carboxylic acids is 2. The summed E-state index contributed by atoms with van der Waals surface area (Å²) in [6.45, 7) is 4.08. The van der Waals surface area contributed by atoms with E-state index in [0.717, 1.165) is 37.3 Å². The molecule has 3 N–H and O–H groups in total. The molecule has 7 nitrogen and oxygen atoms in total. The molecule has 0 radical (unpaired) electrons. The molecule has 2 aliphatic rings. The maximum absolute atomic E-state index is 13.9. The van der Waals surface area contributed by atoms with Crippen molar-refractivity contribution in [1.29, 1.82) is 0 Å². The number of benzene rings is 2. The molecule has 0 aromatic heterocycles. The highest BCUT2D eigenvalue weighted by atomic mass is 19.1. The van der Waals surface area contributed by atoms with Gasteiger partial charge < -0.3 is 25.4 Å². The van der Waals surface area contributed by atoms with Gasteiger partial charge in [-0.15, -0.1) is 0 Å². The number of halogens is 2. The third kappa shape index (κ3) is 8.56. The number of nitrogens with zero attached hydrogens (tertiary/aromatic N) is 1. The largest absolute Gasteiger partial charge is 0.389 e. The summed E-state index contributed by atoms with van der Waals surface area (Å²) in [4.78, 5) is 27.6. The van der Waals surface area contributed by atoms with Gasteiger partial charge in [0.25, 0.3) is 0 Å². The van der Waals surface area contributed by atoms with Gasteiger partial charge in [0.2, 0.25) is 11.8 Å². The lowest BCUT2D eigenvalue weighted by molar-refractivity contribution is -0.129. The second kappa shape index (κ2) is 14.7. The Morgan fingerprint density at radius 1 is 1.12 bits per heavy atom. The molecule has 0 aliphatic carbocycles. The number of unbranched alkanes of at least 4 members (excludes halogenated alkanes) is 3. The van der Waals surface area contributed by atoms with Crippen molar-refractivity contribution in [1.82, 2.24) is 15.5 Å². The first-order valence-electron chi connectivity index (χ1n) is 14.4. The first-order valence-corrected chi connectivity index (χ1v) is 14.4. The van der Waals surface area contributed by atoms with Crippen LogP contribution in [0, 0.1) is 17.6 Å². The predicted octanol–water partition coefficient (Wildman–Crippen LogP) is 3.73. The van der Waals surface area contributed by atoms with Crippen molar-refractivity contribution < 1.29 is 28.2 Å². The maximum Gasteiger partial charge on any atom is 0.225 e. The van der Waals surface area contributed by atoms with Crippen molar-refractivity contribution in [3.63, 3.8) is 0 Å². The summed E-state index contributed by atoms with van der Waals surface area (Å²) in [5.74, 6) is -2.35. The Labute approximate surface area is 235 Å². The van der Waals surface area contributed by atoms with E-state index in [9.17, 15) is 23.5 Å². The van der Waals surface area contributed by atoms with Crippen molar-refractivity contribution in [3.8, 4) is 0 Å². The van der Waals surface area contributed by atoms with Crippen LogP contribution >= 0.6 is 0 Å². The Morgan fingerprint density at radius 3 is 2.60 bits per heavy atom. The molecule has 5 atom stereocenters. The van der Waals surface area contributed by atoms with Gasteiger partial charge in [0, 0.05) is 38.2 Å². The van der Waals surface area contributed by atoms with E-state index in [1.54, 1.807) is 4.90 Å². The number of ether oxygens (including phenoxy) is 1. The Balaban J connectivity index is 1.39. The average molecular weight is 558 g/mol. The fraction of sp³-hybridized carbons (Fsp3) is 0.548. The van der Waals surface area contributed by atoms with Gasteiger partial charge in [-0.25, -0.2) is 8.78 Å². The van der Waals surface area contributed by atoms with Crippen LogP contribution in [0.4, 0.5) is 8.78 Å². The second-order valence-corrected chi connectivity index (χ2v) is 11.1. The third-order valence-corrected chi connectivity index (χ3v) is 7.85. The molecule has 218 valence electrons. The van der Waals surface area contributed by atoms with Gasteiger partial charge in [0.1, 0.15) is 11.6 Å². The summed E-state index contributed by atoms with van der Waals surface area (Å²) < 4.78 is 33.9. The molecule has 2 heterocycles. The van der Waals surface area contributed by atoms with E-state index in [1.807, 2.05) is 30.3 Å². The van der Waals surface area contributed by atoms with E-state index in [4.69, 9.17) is 4.74 Å². The van der Waals surface area contributed by atoms with E-state index >= 15 is 0 Å². The number of amides is 2. The number of hydrogen-bond donors (Lipinski definition) is 3. The van der Waals surface area contributed by atoms with Crippen LogP contribution in [-0.4, -0.2) is 65.7 Å². The van der Waals surface area contributed by atoms with Crippen LogP contribution in [-0.2, 0) is 27.4 Å². The molecule has 2 aliphatic heterocycles. The van der Waals surface area contributed by atoms with Crippen molar-refractivity contribution in [2.24, 2.45) is 5.92 Å². The van der Waals surface area contributed by atoms with Crippen molar-refractivity contribution in [2.75, 3.05) is 19.6 Å². The van der Waals surface area contributed by atoms with Gasteiger partial charge in [0.05, 0.1) is 30.8 Å². The highest BCUT2D eigenvalue weighted by Gasteiger charge is 2.38. The van der Waals surface area contributed by atoms with E-state index in [-0.39, 0.29) is 36.8 Å². The molecule has 2 fully saturated rings. The van der Waals surface area contributed by atoms with Crippen LogP contribution in [0.1, 0.15) is 56.6 Å². The van der Waals surface area contributed by atoms with Crippen molar-refractivity contribution >= 4 is 11.8 Å². The molecule has 40 heavy (non-hydrogen) atoms.